The Morgan fingerprint density at radius 1 is 1.61 bits per heavy atom. The molecule has 2 rings (SSSR count). The number of rotatable bonds is 4. The molecule has 6 heteroatoms. The molecule has 0 aliphatic rings. The van der Waals surface area contributed by atoms with Crippen molar-refractivity contribution < 1.29 is 14.4 Å². The summed E-state index contributed by atoms with van der Waals surface area (Å²) in [6, 6.07) is 1.45. The number of carbonyl (C=O) groups excluding carboxylic acids is 1. The minimum atomic E-state index is -0.258. The van der Waals surface area contributed by atoms with Crippen LogP contribution < -0.4 is 5.32 Å². The largest absolute Gasteiger partial charge is 0.394 e. The van der Waals surface area contributed by atoms with Crippen LogP contribution in [0.1, 0.15) is 29.4 Å². The standard InChI is InChI=1S/C12H15N3O3/c1-3-9(6-16)14-11(17)8-4-10-7(2)15-18-12(10)13-5-8/h4-5,9,16H,3,6H2,1-2H3,(H,14,17)/t9-/m0/s1. The van der Waals surface area contributed by atoms with Crippen molar-refractivity contribution in [3.05, 3.63) is 23.5 Å². The van der Waals surface area contributed by atoms with Crippen LogP contribution in [0, 0.1) is 6.92 Å². The Hall–Kier alpha value is -1.95. The highest BCUT2D eigenvalue weighted by Crippen LogP contribution is 2.16. The average Bonchev–Trinajstić information content (AvgIpc) is 2.77. The van der Waals surface area contributed by atoms with Crippen LogP contribution in [0.25, 0.3) is 11.1 Å². The number of aliphatic hydroxyl groups excluding tert-OH is 1. The van der Waals surface area contributed by atoms with Crippen LogP contribution in [0.2, 0.25) is 0 Å². The summed E-state index contributed by atoms with van der Waals surface area (Å²) >= 11 is 0. The first-order chi connectivity index (χ1) is 8.65. The van der Waals surface area contributed by atoms with Crippen molar-refractivity contribution in [1.29, 1.82) is 0 Å². The summed E-state index contributed by atoms with van der Waals surface area (Å²) in [6.07, 6.45) is 2.11. The van der Waals surface area contributed by atoms with Gasteiger partial charge in [0.2, 0.25) is 0 Å². The van der Waals surface area contributed by atoms with Gasteiger partial charge in [-0.1, -0.05) is 12.1 Å². The van der Waals surface area contributed by atoms with Crippen LogP contribution >= 0.6 is 0 Å². The van der Waals surface area contributed by atoms with E-state index in [2.05, 4.69) is 15.5 Å². The van der Waals surface area contributed by atoms with Gasteiger partial charge in [-0.2, -0.15) is 0 Å². The van der Waals surface area contributed by atoms with Gasteiger partial charge in [0.05, 0.1) is 29.3 Å². The maximum Gasteiger partial charge on any atom is 0.257 e. The van der Waals surface area contributed by atoms with E-state index >= 15 is 0 Å². The third kappa shape index (κ3) is 2.33. The summed E-state index contributed by atoms with van der Waals surface area (Å²) in [5.41, 5.74) is 1.54. The summed E-state index contributed by atoms with van der Waals surface area (Å²) in [5, 5.41) is 16.3. The van der Waals surface area contributed by atoms with Crippen LogP contribution in [-0.2, 0) is 0 Å². The number of carbonyl (C=O) groups is 1. The molecule has 0 saturated carbocycles. The fraction of sp³-hybridized carbons (Fsp3) is 0.417. The topological polar surface area (TPSA) is 88.2 Å². The second-order valence-electron chi connectivity index (χ2n) is 4.11. The number of amides is 1. The van der Waals surface area contributed by atoms with Gasteiger partial charge in [0.1, 0.15) is 0 Å². The van der Waals surface area contributed by atoms with Gasteiger partial charge >= 0.3 is 0 Å². The Morgan fingerprint density at radius 3 is 3.06 bits per heavy atom. The van der Waals surface area contributed by atoms with Crippen LogP contribution in [0.5, 0.6) is 0 Å². The minimum Gasteiger partial charge on any atom is -0.394 e. The first kappa shape index (κ1) is 12.5. The van der Waals surface area contributed by atoms with Crippen molar-refractivity contribution in [2.75, 3.05) is 6.61 Å². The van der Waals surface area contributed by atoms with E-state index in [1.807, 2.05) is 6.92 Å². The molecule has 0 aliphatic carbocycles. The first-order valence-corrected chi connectivity index (χ1v) is 5.79. The highest BCUT2D eigenvalue weighted by atomic mass is 16.5. The van der Waals surface area contributed by atoms with E-state index in [-0.39, 0.29) is 18.6 Å². The molecule has 1 atom stereocenters. The highest BCUT2D eigenvalue weighted by molar-refractivity contribution is 5.97. The van der Waals surface area contributed by atoms with Crippen LogP contribution in [0.4, 0.5) is 0 Å². The van der Waals surface area contributed by atoms with Crippen LogP contribution in [0.3, 0.4) is 0 Å². The molecule has 1 amide bonds. The monoisotopic (exact) mass is 249 g/mol. The van der Waals surface area contributed by atoms with E-state index in [1.165, 1.54) is 6.20 Å². The fourth-order valence-electron chi connectivity index (χ4n) is 1.61. The first-order valence-electron chi connectivity index (χ1n) is 5.79. The number of hydrogen-bond acceptors (Lipinski definition) is 5. The summed E-state index contributed by atoms with van der Waals surface area (Å²) in [6.45, 7) is 3.61. The zero-order valence-electron chi connectivity index (χ0n) is 10.3. The van der Waals surface area contributed by atoms with E-state index in [9.17, 15) is 4.79 Å². The van der Waals surface area contributed by atoms with Gasteiger partial charge in [-0.15, -0.1) is 0 Å². The van der Waals surface area contributed by atoms with Crippen LogP contribution in [0.15, 0.2) is 16.8 Å². The molecule has 0 aromatic carbocycles. The third-order valence-corrected chi connectivity index (χ3v) is 2.82. The molecule has 0 unspecified atom stereocenters. The quantitative estimate of drug-likeness (QED) is 0.845. The van der Waals surface area contributed by atoms with Crippen molar-refractivity contribution in [2.45, 2.75) is 26.3 Å². The molecule has 18 heavy (non-hydrogen) atoms. The molecule has 0 bridgehead atoms. The van der Waals surface area contributed by atoms with Gasteiger partial charge in [0.15, 0.2) is 0 Å². The number of fused-ring (bicyclic) bond motifs is 1. The van der Waals surface area contributed by atoms with Crippen molar-refractivity contribution >= 4 is 17.0 Å². The summed E-state index contributed by atoms with van der Waals surface area (Å²) < 4.78 is 4.97. The summed E-state index contributed by atoms with van der Waals surface area (Å²) in [4.78, 5) is 16.0. The molecule has 0 aliphatic heterocycles. The number of aryl methyl sites for hydroxylation is 1. The molecule has 2 aromatic heterocycles. The second-order valence-corrected chi connectivity index (χ2v) is 4.11. The van der Waals surface area contributed by atoms with Crippen molar-refractivity contribution in [3.8, 4) is 0 Å². The fourth-order valence-corrected chi connectivity index (χ4v) is 1.61. The predicted octanol–water partition coefficient (Wildman–Crippen LogP) is 1.03. The average molecular weight is 249 g/mol. The lowest BCUT2D eigenvalue weighted by Crippen LogP contribution is -2.36. The second kappa shape index (κ2) is 5.14. The molecular formula is C12H15N3O3. The Bertz CT molecular complexity index is 561. The lowest BCUT2D eigenvalue weighted by molar-refractivity contribution is 0.0915. The zero-order valence-corrected chi connectivity index (χ0v) is 10.3. The molecular weight excluding hydrogens is 234 g/mol. The third-order valence-electron chi connectivity index (χ3n) is 2.82. The maximum absolute atomic E-state index is 11.9. The highest BCUT2D eigenvalue weighted by Gasteiger charge is 2.14. The number of hydrogen-bond donors (Lipinski definition) is 2. The molecule has 6 nitrogen and oxygen atoms in total. The van der Waals surface area contributed by atoms with Gasteiger partial charge in [-0.05, 0) is 19.4 Å². The molecule has 2 aromatic rings. The van der Waals surface area contributed by atoms with Crippen LogP contribution in [-0.4, -0.2) is 33.8 Å². The Balaban J connectivity index is 2.24. The predicted molar refractivity (Wildman–Crippen MR) is 65.2 cm³/mol. The van der Waals surface area contributed by atoms with Crippen molar-refractivity contribution in [1.82, 2.24) is 15.5 Å². The van der Waals surface area contributed by atoms with E-state index < -0.39 is 0 Å². The van der Waals surface area contributed by atoms with Crippen molar-refractivity contribution in [2.24, 2.45) is 0 Å². The lowest BCUT2D eigenvalue weighted by atomic mass is 10.1. The smallest absolute Gasteiger partial charge is 0.257 e. The van der Waals surface area contributed by atoms with Crippen molar-refractivity contribution in [3.63, 3.8) is 0 Å². The Kier molecular flexibility index (Phi) is 3.57. The molecule has 0 saturated heterocycles. The van der Waals surface area contributed by atoms with Gasteiger partial charge < -0.3 is 14.9 Å². The van der Waals surface area contributed by atoms with Gasteiger partial charge in [-0.25, -0.2) is 4.98 Å². The Labute approximate surface area is 104 Å². The minimum absolute atomic E-state index is 0.0792. The number of aliphatic hydroxyl groups is 1. The van der Waals surface area contributed by atoms with Gasteiger partial charge in [-0.3, -0.25) is 4.79 Å². The molecule has 0 radical (unpaired) electrons. The number of aromatic nitrogens is 2. The lowest BCUT2D eigenvalue weighted by Gasteiger charge is -2.13. The van der Waals surface area contributed by atoms with E-state index in [4.69, 9.17) is 9.63 Å². The maximum atomic E-state index is 11.9. The zero-order chi connectivity index (χ0) is 13.1. The SMILES string of the molecule is CC[C@@H](CO)NC(=O)c1cnc2onc(C)c2c1. The molecule has 0 fully saturated rings. The van der Waals surface area contributed by atoms with Gasteiger partial charge in [0.25, 0.3) is 11.6 Å². The van der Waals surface area contributed by atoms with Gasteiger partial charge in [0, 0.05) is 6.20 Å². The number of nitrogens with one attached hydrogen (secondary N) is 1. The molecule has 2 heterocycles. The summed E-state index contributed by atoms with van der Waals surface area (Å²) in [7, 11) is 0. The number of nitrogens with zero attached hydrogens (tertiary/aromatic N) is 2. The van der Waals surface area contributed by atoms with E-state index in [0.29, 0.717) is 23.4 Å². The molecule has 0 spiro atoms. The van der Waals surface area contributed by atoms with E-state index in [0.717, 1.165) is 5.39 Å². The molecule has 96 valence electrons. The summed E-state index contributed by atoms with van der Waals surface area (Å²) in [5.74, 6) is -0.258. The Morgan fingerprint density at radius 2 is 2.39 bits per heavy atom. The normalized spacial score (nSPS) is 12.6. The number of pyridine rings is 1. The molecule has 2 N–H and O–H groups in total. The van der Waals surface area contributed by atoms with E-state index in [1.54, 1.807) is 13.0 Å².